The summed E-state index contributed by atoms with van der Waals surface area (Å²) in [6.45, 7) is 3.51. The maximum atomic E-state index is 3.70. The monoisotopic (exact) mass is 242 g/mol. The van der Waals surface area contributed by atoms with Crippen LogP contribution in [0.15, 0.2) is 0 Å². The molecule has 0 aromatic carbocycles. The van der Waals surface area contributed by atoms with E-state index in [0.717, 1.165) is 18.1 Å². The first-order valence-corrected chi connectivity index (χ1v) is 7.99. The summed E-state index contributed by atoms with van der Waals surface area (Å²) in [5, 5.41) is 3.70. The van der Waals surface area contributed by atoms with Crippen molar-refractivity contribution in [3.63, 3.8) is 0 Å². The van der Waals surface area contributed by atoms with Crippen molar-refractivity contribution in [2.45, 2.75) is 57.2 Å². The van der Waals surface area contributed by atoms with Gasteiger partial charge in [0.05, 0.1) is 0 Å². The number of nitrogens with zero attached hydrogens (tertiary/aromatic N) is 1. The molecule has 2 nitrogen and oxygen atoms in total. The highest BCUT2D eigenvalue weighted by Crippen LogP contribution is 2.24. The van der Waals surface area contributed by atoms with Crippen molar-refractivity contribution in [2.75, 3.05) is 25.1 Å². The van der Waals surface area contributed by atoms with Crippen molar-refractivity contribution in [1.82, 2.24) is 10.2 Å². The van der Waals surface area contributed by atoms with Crippen LogP contribution in [0.3, 0.4) is 0 Å². The number of thioether (sulfide) groups is 1. The Kier molecular flexibility index (Phi) is 4.98. The highest BCUT2D eigenvalue weighted by molar-refractivity contribution is 7.99. The van der Waals surface area contributed by atoms with Crippen molar-refractivity contribution in [3.8, 4) is 0 Å². The third-order valence-corrected chi connectivity index (χ3v) is 5.04. The average molecular weight is 242 g/mol. The first-order valence-electron chi connectivity index (χ1n) is 6.84. The van der Waals surface area contributed by atoms with Crippen LogP contribution < -0.4 is 5.32 Å². The summed E-state index contributed by atoms with van der Waals surface area (Å²) in [6, 6.07) is 2.45. The first-order chi connectivity index (χ1) is 7.81. The van der Waals surface area contributed by atoms with Crippen molar-refractivity contribution < 1.29 is 0 Å². The second kappa shape index (κ2) is 6.27. The SMILES string of the molecule is CCCC(CNC1CC1)N(C)C1CCSC1. The molecule has 2 aliphatic rings. The molecule has 0 spiro atoms. The van der Waals surface area contributed by atoms with Crippen molar-refractivity contribution in [1.29, 1.82) is 0 Å². The lowest BCUT2D eigenvalue weighted by atomic mass is 10.1. The molecular formula is C13H26N2S. The zero-order chi connectivity index (χ0) is 11.4. The lowest BCUT2D eigenvalue weighted by Crippen LogP contribution is -2.46. The van der Waals surface area contributed by atoms with Gasteiger partial charge in [0.2, 0.25) is 0 Å². The summed E-state index contributed by atoms with van der Waals surface area (Å²) in [7, 11) is 2.34. The van der Waals surface area contributed by atoms with Crippen LogP contribution in [0, 0.1) is 0 Å². The molecule has 1 N–H and O–H groups in total. The van der Waals surface area contributed by atoms with Crippen LogP contribution in [-0.2, 0) is 0 Å². The number of hydrogen-bond donors (Lipinski definition) is 1. The quantitative estimate of drug-likeness (QED) is 0.738. The maximum Gasteiger partial charge on any atom is 0.0220 e. The van der Waals surface area contributed by atoms with E-state index < -0.39 is 0 Å². The summed E-state index contributed by atoms with van der Waals surface area (Å²) in [4.78, 5) is 2.65. The van der Waals surface area contributed by atoms with Crippen molar-refractivity contribution in [3.05, 3.63) is 0 Å². The molecule has 1 aliphatic heterocycles. The molecule has 0 radical (unpaired) electrons. The number of rotatable bonds is 7. The highest BCUT2D eigenvalue weighted by Gasteiger charge is 2.27. The summed E-state index contributed by atoms with van der Waals surface area (Å²) in [6.07, 6.45) is 6.85. The molecular weight excluding hydrogens is 216 g/mol. The van der Waals surface area contributed by atoms with Crippen molar-refractivity contribution >= 4 is 11.8 Å². The third-order valence-electron chi connectivity index (χ3n) is 3.90. The van der Waals surface area contributed by atoms with E-state index in [1.807, 2.05) is 0 Å². The van der Waals surface area contributed by atoms with Gasteiger partial charge >= 0.3 is 0 Å². The van der Waals surface area contributed by atoms with Gasteiger partial charge in [0.25, 0.3) is 0 Å². The van der Waals surface area contributed by atoms with E-state index in [0.29, 0.717) is 0 Å². The van der Waals surface area contributed by atoms with E-state index in [1.165, 1.54) is 50.2 Å². The van der Waals surface area contributed by atoms with Gasteiger partial charge in [0.1, 0.15) is 0 Å². The molecule has 0 amide bonds. The Morgan fingerprint density at radius 1 is 1.38 bits per heavy atom. The molecule has 2 unspecified atom stereocenters. The van der Waals surface area contributed by atoms with Crippen LogP contribution in [0.1, 0.15) is 39.0 Å². The molecule has 2 rings (SSSR count). The normalized spacial score (nSPS) is 27.6. The molecule has 0 aromatic heterocycles. The molecule has 2 atom stereocenters. The van der Waals surface area contributed by atoms with E-state index in [1.54, 1.807) is 0 Å². The van der Waals surface area contributed by atoms with Gasteiger partial charge < -0.3 is 5.32 Å². The molecule has 1 saturated carbocycles. The topological polar surface area (TPSA) is 15.3 Å². The Balaban J connectivity index is 1.77. The minimum absolute atomic E-state index is 0.759. The summed E-state index contributed by atoms with van der Waals surface area (Å²) in [5.41, 5.74) is 0. The van der Waals surface area contributed by atoms with Gasteiger partial charge in [-0.25, -0.2) is 0 Å². The van der Waals surface area contributed by atoms with E-state index >= 15 is 0 Å². The van der Waals surface area contributed by atoms with Crippen LogP contribution >= 0.6 is 11.8 Å². The highest BCUT2D eigenvalue weighted by atomic mass is 32.2. The summed E-state index contributed by atoms with van der Waals surface area (Å²) < 4.78 is 0. The largest absolute Gasteiger partial charge is 0.312 e. The lowest BCUT2D eigenvalue weighted by molar-refractivity contribution is 0.173. The van der Waals surface area contributed by atoms with Gasteiger partial charge in [0.15, 0.2) is 0 Å². The van der Waals surface area contributed by atoms with Gasteiger partial charge in [-0.05, 0) is 38.5 Å². The van der Waals surface area contributed by atoms with Crippen molar-refractivity contribution in [2.24, 2.45) is 0 Å². The lowest BCUT2D eigenvalue weighted by Gasteiger charge is -2.33. The molecule has 1 aliphatic carbocycles. The zero-order valence-corrected chi connectivity index (χ0v) is 11.6. The number of likely N-dealkylation sites (N-methyl/N-ethyl adjacent to an activating group) is 1. The Labute approximate surface area is 105 Å². The Bertz CT molecular complexity index is 200. The molecule has 0 bridgehead atoms. The Morgan fingerprint density at radius 2 is 2.19 bits per heavy atom. The van der Waals surface area contributed by atoms with E-state index in [4.69, 9.17) is 0 Å². The van der Waals surface area contributed by atoms with Gasteiger partial charge in [-0.15, -0.1) is 0 Å². The minimum atomic E-state index is 0.759. The fourth-order valence-electron chi connectivity index (χ4n) is 2.51. The smallest absolute Gasteiger partial charge is 0.0220 e. The van der Waals surface area contributed by atoms with Crippen LogP contribution in [0.5, 0.6) is 0 Å². The summed E-state index contributed by atoms with van der Waals surface area (Å²) >= 11 is 2.12. The fourth-order valence-corrected chi connectivity index (χ4v) is 3.79. The summed E-state index contributed by atoms with van der Waals surface area (Å²) in [5.74, 6) is 2.71. The van der Waals surface area contributed by atoms with E-state index in [9.17, 15) is 0 Å². The zero-order valence-electron chi connectivity index (χ0n) is 10.7. The first kappa shape index (κ1) is 12.7. The molecule has 1 heterocycles. The Hall–Kier alpha value is 0.270. The van der Waals surface area contributed by atoms with Crippen LogP contribution in [0.4, 0.5) is 0 Å². The number of hydrogen-bond acceptors (Lipinski definition) is 3. The molecule has 0 aromatic rings. The van der Waals surface area contributed by atoms with E-state index in [2.05, 4.69) is 35.9 Å². The average Bonchev–Trinajstić information content (AvgIpc) is 2.95. The maximum absolute atomic E-state index is 3.70. The molecule has 16 heavy (non-hydrogen) atoms. The number of nitrogens with one attached hydrogen (secondary N) is 1. The van der Waals surface area contributed by atoms with Gasteiger partial charge in [-0.2, -0.15) is 11.8 Å². The molecule has 3 heteroatoms. The molecule has 94 valence electrons. The van der Waals surface area contributed by atoms with Gasteiger partial charge in [0, 0.05) is 30.4 Å². The van der Waals surface area contributed by atoms with Crippen LogP contribution in [-0.4, -0.2) is 48.1 Å². The molecule has 1 saturated heterocycles. The minimum Gasteiger partial charge on any atom is -0.312 e. The predicted molar refractivity (Wildman–Crippen MR) is 73.2 cm³/mol. The van der Waals surface area contributed by atoms with Gasteiger partial charge in [-0.3, -0.25) is 4.90 Å². The second-order valence-electron chi connectivity index (χ2n) is 5.31. The van der Waals surface area contributed by atoms with E-state index in [-0.39, 0.29) is 0 Å². The van der Waals surface area contributed by atoms with Crippen LogP contribution in [0.2, 0.25) is 0 Å². The predicted octanol–water partition coefficient (Wildman–Crippen LogP) is 2.34. The Morgan fingerprint density at radius 3 is 2.75 bits per heavy atom. The second-order valence-corrected chi connectivity index (χ2v) is 6.46. The third kappa shape index (κ3) is 3.64. The van der Waals surface area contributed by atoms with Gasteiger partial charge in [-0.1, -0.05) is 13.3 Å². The fraction of sp³-hybridized carbons (Fsp3) is 1.00. The van der Waals surface area contributed by atoms with Crippen LogP contribution in [0.25, 0.3) is 0 Å². The standard InChI is InChI=1S/C13H26N2S/c1-3-4-12(9-14-11-5-6-11)15(2)13-7-8-16-10-13/h11-14H,3-10H2,1-2H3. The molecule has 2 fully saturated rings.